The Labute approximate surface area is 147 Å². The van der Waals surface area contributed by atoms with Crippen LogP contribution in [0.25, 0.3) is 0 Å². The molecule has 2 N–H and O–H groups in total. The molecule has 5 heteroatoms. The van der Waals surface area contributed by atoms with E-state index in [1.165, 1.54) is 0 Å². The van der Waals surface area contributed by atoms with E-state index in [0.717, 1.165) is 22.6 Å². The molecule has 1 heterocycles. The number of ketones is 1. The van der Waals surface area contributed by atoms with Crippen molar-refractivity contribution in [3.8, 4) is 0 Å². The molecule has 0 bridgehead atoms. The number of rotatable bonds is 5. The summed E-state index contributed by atoms with van der Waals surface area (Å²) in [6.45, 7) is 5.51. The Kier molecular flexibility index (Phi) is 4.75. The highest BCUT2D eigenvalue weighted by molar-refractivity contribution is 5.95. The van der Waals surface area contributed by atoms with Crippen molar-refractivity contribution >= 4 is 28.9 Å². The van der Waals surface area contributed by atoms with Crippen LogP contribution in [0.3, 0.4) is 0 Å². The lowest BCUT2D eigenvalue weighted by atomic mass is 10.1. The van der Waals surface area contributed by atoms with Crippen LogP contribution >= 0.6 is 0 Å². The second-order valence-electron chi connectivity index (χ2n) is 5.97. The first-order chi connectivity index (χ1) is 12.0. The smallest absolute Gasteiger partial charge is 0.229 e. The maximum atomic E-state index is 11.5. The molecule has 126 valence electrons. The zero-order valence-corrected chi connectivity index (χ0v) is 14.5. The minimum atomic E-state index is 0.0318. The summed E-state index contributed by atoms with van der Waals surface area (Å²) in [5, 5.41) is 6.46. The largest absolute Gasteiger partial charge is 0.340 e. The van der Waals surface area contributed by atoms with Gasteiger partial charge in [-0.3, -0.25) is 4.79 Å². The summed E-state index contributed by atoms with van der Waals surface area (Å²) in [6, 6.07) is 17.3. The average molecular weight is 332 g/mol. The van der Waals surface area contributed by atoms with E-state index in [4.69, 9.17) is 0 Å². The molecule has 0 atom stereocenters. The summed E-state index contributed by atoms with van der Waals surface area (Å²) in [5.41, 5.74) is 4.42. The molecule has 0 unspecified atom stereocenters. The SMILES string of the molecule is CC(=O)c1cccc(Nc2cc(C)nc(Nc3cccc(C)c3)n2)c1. The molecule has 0 radical (unpaired) electrons. The molecule has 0 saturated heterocycles. The summed E-state index contributed by atoms with van der Waals surface area (Å²) in [5.74, 6) is 1.23. The summed E-state index contributed by atoms with van der Waals surface area (Å²) in [7, 11) is 0. The number of aryl methyl sites for hydroxylation is 2. The van der Waals surface area contributed by atoms with Crippen LogP contribution in [0.15, 0.2) is 54.6 Å². The van der Waals surface area contributed by atoms with Gasteiger partial charge in [-0.15, -0.1) is 0 Å². The number of carbonyl (C=O) groups is 1. The summed E-state index contributed by atoms with van der Waals surface area (Å²) >= 11 is 0. The van der Waals surface area contributed by atoms with Gasteiger partial charge in [0.05, 0.1) is 0 Å². The normalized spacial score (nSPS) is 10.4. The average Bonchev–Trinajstić information content (AvgIpc) is 2.54. The Morgan fingerprint density at radius 1 is 0.880 bits per heavy atom. The van der Waals surface area contributed by atoms with Crippen LogP contribution in [-0.4, -0.2) is 15.8 Å². The molecular formula is C20H20N4O. The Morgan fingerprint density at radius 3 is 2.32 bits per heavy atom. The number of hydrogen-bond acceptors (Lipinski definition) is 5. The van der Waals surface area contributed by atoms with E-state index < -0.39 is 0 Å². The van der Waals surface area contributed by atoms with Gasteiger partial charge in [-0.2, -0.15) is 4.98 Å². The van der Waals surface area contributed by atoms with Gasteiger partial charge in [0, 0.05) is 28.7 Å². The van der Waals surface area contributed by atoms with Crippen molar-refractivity contribution < 1.29 is 4.79 Å². The number of Topliss-reactive ketones (excluding diaryl/α,β-unsaturated/α-hetero) is 1. The minimum absolute atomic E-state index is 0.0318. The van der Waals surface area contributed by atoms with Crippen LogP contribution in [-0.2, 0) is 0 Å². The van der Waals surface area contributed by atoms with Crippen molar-refractivity contribution in [3.63, 3.8) is 0 Å². The van der Waals surface area contributed by atoms with E-state index in [1.807, 2.05) is 62.4 Å². The van der Waals surface area contributed by atoms with Crippen LogP contribution in [0, 0.1) is 13.8 Å². The second-order valence-corrected chi connectivity index (χ2v) is 5.97. The van der Waals surface area contributed by atoms with E-state index in [1.54, 1.807) is 13.0 Å². The Balaban J connectivity index is 1.84. The number of nitrogens with zero attached hydrogens (tertiary/aromatic N) is 2. The highest BCUT2D eigenvalue weighted by Gasteiger charge is 2.05. The monoisotopic (exact) mass is 332 g/mol. The van der Waals surface area contributed by atoms with Crippen molar-refractivity contribution in [2.24, 2.45) is 0 Å². The van der Waals surface area contributed by atoms with Crippen molar-refractivity contribution in [1.29, 1.82) is 0 Å². The molecule has 0 aliphatic heterocycles. The Hall–Kier alpha value is -3.21. The van der Waals surface area contributed by atoms with E-state index >= 15 is 0 Å². The molecule has 5 nitrogen and oxygen atoms in total. The maximum Gasteiger partial charge on any atom is 0.229 e. The number of hydrogen-bond donors (Lipinski definition) is 2. The second kappa shape index (κ2) is 7.13. The fraction of sp³-hybridized carbons (Fsp3) is 0.150. The van der Waals surface area contributed by atoms with Gasteiger partial charge in [-0.1, -0.05) is 24.3 Å². The van der Waals surface area contributed by atoms with Gasteiger partial charge in [-0.25, -0.2) is 4.98 Å². The lowest BCUT2D eigenvalue weighted by Crippen LogP contribution is -2.03. The highest BCUT2D eigenvalue weighted by Crippen LogP contribution is 2.20. The van der Waals surface area contributed by atoms with Gasteiger partial charge in [0.2, 0.25) is 5.95 Å². The van der Waals surface area contributed by atoms with Crippen LogP contribution < -0.4 is 10.6 Å². The van der Waals surface area contributed by atoms with E-state index in [9.17, 15) is 4.79 Å². The van der Waals surface area contributed by atoms with Crippen LogP contribution in [0.2, 0.25) is 0 Å². The lowest BCUT2D eigenvalue weighted by Gasteiger charge is -2.11. The predicted octanol–water partition coefficient (Wildman–Crippen LogP) is 4.78. The molecule has 0 amide bonds. The topological polar surface area (TPSA) is 66.9 Å². The molecule has 25 heavy (non-hydrogen) atoms. The van der Waals surface area contributed by atoms with Gasteiger partial charge in [0.25, 0.3) is 0 Å². The zero-order valence-electron chi connectivity index (χ0n) is 14.5. The van der Waals surface area contributed by atoms with Crippen molar-refractivity contribution in [2.45, 2.75) is 20.8 Å². The number of carbonyl (C=O) groups excluding carboxylic acids is 1. The number of aromatic nitrogens is 2. The summed E-state index contributed by atoms with van der Waals surface area (Å²) in [6.07, 6.45) is 0. The highest BCUT2D eigenvalue weighted by atomic mass is 16.1. The van der Waals surface area contributed by atoms with Crippen molar-refractivity contribution in [3.05, 3.63) is 71.4 Å². The summed E-state index contributed by atoms with van der Waals surface area (Å²) in [4.78, 5) is 20.5. The molecule has 0 saturated carbocycles. The fourth-order valence-corrected chi connectivity index (χ4v) is 2.50. The van der Waals surface area contributed by atoms with Crippen LogP contribution in [0.1, 0.15) is 28.5 Å². The number of nitrogens with one attached hydrogen (secondary N) is 2. The lowest BCUT2D eigenvalue weighted by molar-refractivity contribution is 0.101. The zero-order chi connectivity index (χ0) is 17.8. The first kappa shape index (κ1) is 16.6. The molecule has 0 aliphatic rings. The molecule has 1 aromatic heterocycles. The molecule has 3 rings (SSSR count). The van der Waals surface area contributed by atoms with Gasteiger partial charge < -0.3 is 10.6 Å². The number of benzene rings is 2. The molecular weight excluding hydrogens is 312 g/mol. The standard InChI is InChI=1S/C20H20N4O/c1-13-6-4-8-17(10-13)23-20-21-14(2)11-19(24-20)22-18-9-5-7-16(12-18)15(3)25/h4-12H,1-3H3,(H2,21,22,23,24). The predicted molar refractivity (Wildman–Crippen MR) is 101 cm³/mol. The third kappa shape index (κ3) is 4.41. The van der Waals surface area contributed by atoms with Gasteiger partial charge in [0.1, 0.15) is 5.82 Å². The van der Waals surface area contributed by atoms with Crippen LogP contribution in [0.4, 0.5) is 23.1 Å². The molecule has 0 fully saturated rings. The third-order valence-corrected chi connectivity index (χ3v) is 3.67. The number of anilines is 4. The Morgan fingerprint density at radius 2 is 1.60 bits per heavy atom. The van der Waals surface area contributed by atoms with E-state index in [0.29, 0.717) is 17.3 Å². The molecule has 2 aromatic carbocycles. The first-order valence-electron chi connectivity index (χ1n) is 8.07. The third-order valence-electron chi connectivity index (χ3n) is 3.67. The quantitative estimate of drug-likeness (QED) is 0.658. The van der Waals surface area contributed by atoms with Crippen molar-refractivity contribution in [2.75, 3.05) is 10.6 Å². The fourth-order valence-electron chi connectivity index (χ4n) is 2.50. The first-order valence-corrected chi connectivity index (χ1v) is 8.07. The molecule has 0 spiro atoms. The summed E-state index contributed by atoms with van der Waals surface area (Å²) < 4.78 is 0. The van der Waals surface area contributed by atoms with Gasteiger partial charge in [-0.05, 0) is 50.6 Å². The minimum Gasteiger partial charge on any atom is -0.340 e. The van der Waals surface area contributed by atoms with Crippen molar-refractivity contribution in [1.82, 2.24) is 9.97 Å². The Bertz CT molecular complexity index is 921. The molecule has 3 aromatic rings. The van der Waals surface area contributed by atoms with Crippen LogP contribution in [0.5, 0.6) is 0 Å². The van der Waals surface area contributed by atoms with Gasteiger partial charge in [0.15, 0.2) is 5.78 Å². The van der Waals surface area contributed by atoms with E-state index in [2.05, 4.69) is 20.6 Å². The van der Waals surface area contributed by atoms with E-state index in [-0.39, 0.29) is 5.78 Å². The maximum absolute atomic E-state index is 11.5. The molecule has 0 aliphatic carbocycles. The van der Waals surface area contributed by atoms with Gasteiger partial charge >= 0.3 is 0 Å².